The van der Waals surface area contributed by atoms with Crippen molar-refractivity contribution in [2.45, 2.75) is 25.0 Å². The Hall–Kier alpha value is -1.72. The van der Waals surface area contributed by atoms with E-state index in [1.807, 2.05) is 0 Å². The number of aliphatic hydroxyl groups excluding tert-OH is 1. The summed E-state index contributed by atoms with van der Waals surface area (Å²) in [7, 11) is 1.32. The molecule has 20 heavy (non-hydrogen) atoms. The Morgan fingerprint density at radius 3 is 2.70 bits per heavy atom. The molecule has 0 aromatic heterocycles. The molecule has 1 aromatic rings. The van der Waals surface area contributed by atoms with Gasteiger partial charge in [-0.25, -0.2) is 4.39 Å². The van der Waals surface area contributed by atoms with Crippen LogP contribution in [0.4, 0.5) is 4.39 Å². The zero-order valence-electron chi connectivity index (χ0n) is 11.5. The minimum Gasteiger partial charge on any atom is -0.469 e. The second-order valence-corrected chi connectivity index (χ2v) is 4.41. The van der Waals surface area contributed by atoms with Crippen LogP contribution in [0.2, 0.25) is 0 Å². The minimum absolute atomic E-state index is 0.198. The maximum Gasteiger partial charge on any atom is 0.305 e. The summed E-state index contributed by atoms with van der Waals surface area (Å²) in [6.07, 6.45) is 1.45. The third-order valence-electron chi connectivity index (χ3n) is 3.00. The maximum atomic E-state index is 12.9. The number of benzene rings is 1. The molecule has 0 amide bonds. The predicted molar refractivity (Wildman–Crippen MR) is 74.6 cm³/mol. The molecule has 0 bridgehead atoms. The lowest BCUT2D eigenvalue weighted by molar-refractivity contribution is -0.141. The van der Waals surface area contributed by atoms with Crippen molar-refractivity contribution < 1.29 is 19.0 Å². The van der Waals surface area contributed by atoms with E-state index in [0.29, 0.717) is 18.5 Å². The maximum absolute atomic E-state index is 12.9. The van der Waals surface area contributed by atoms with Gasteiger partial charge < -0.3 is 15.2 Å². The fourth-order valence-corrected chi connectivity index (χ4v) is 1.87. The Labute approximate surface area is 118 Å². The van der Waals surface area contributed by atoms with Gasteiger partial charge in [-0.1, -0.05) is 18.2 Å². The molecule has 0 fully saturated rings. The summed E-state index contributed by atoms with van der Waals surface area (Å²) in [6.45, 7) is 4.11. The average Bonchev–Trinajstić information content (AvgIpc) is 2.47. The third kappa shape index (κ3) is 5.11. The van der Waals surface area contributed by atoms with Crippen LogP contribution in [-0.2, 0) is 9.53 Å². The Morgan fingerprint density at radius 2 is 2.15 bits per heavy atom. The molecule has 5 heteroatoms. The van der Waals surface area contributed by atoms with Gasteiger partial charge >= 0.3 is 5.97 Å². The number of nitrogens with one attached hydrogen (secondary N) is 1. The molecule has 4 nitrogen and oxygen atoms in total. The molecule has 0 aliphatic carbocycles. The van der Waals surface area contributed by atoms with Crippen LogP contribution in [0.1, 0.15) is 24.5 Å². The standard InChI is InChI=1S/C15H20FNO3/c1-3-10-17-13(8-9-14(18)20-2)15(19)11-4-6-12(16)7-5-11/h3-7,13,15,17,19H,1,8-10H2,2H3. The molecule has 0 saturated carbocycles. The number of hydrogen-bond donors (Lipinski definition) is 2. The van der Waals surface area contributed by atoms with Crippen molar-refractivity contribution in [2.24, 2.45) is 0 Å². The van der Waals surface area contributed by atoms with E-state index in [0.717, 1.165) is 0 Å². The normalized spacial score (nSPS) is 13.6. The van der Waals surface area contributed by atoms with E-state index in [4.69, 9.17) is 0 Å². The number of rotatable bonds is 8. The van der Waals surface area contributed by atoms with Crippen LogP contribution in [0, 0.1) is 5.82 Å². The number of aliphatic hydroxyl groups is 1. The second kappa shape index (κ2) is 8.45. The van der Waals surface area contributed by atoms with E-state index in [1.54, 1.807) is 6.08 Å². The van der Waals surface area contributed by atoms with E-state index in [-0.39, 0.29) is 24.2 Å². The third-order valence-corrected chi connectivity index (χ3v) is 3.00. The van der Waals surface area contributed by atoms with Gasteiger partial charge in [0.1, 0.15) is 5.82 Å². The first-order valence-electron chi connectivity index (χ1n) is 6.43. The van der Waals surface area contributed by atoms with E-state index in [2.05, 4.69) is 16.6 Å². The quantitative estimate of drug-likeness (QED) is 0.565. The van der Waals surface area contributed by atoms with Crippen LogP contribution in [0.5, 0.6) is 0 Å². The molecule has 0 spiro atoms. The summed E-state index contributed by atoms with van der Waals surface area (Å²) in [6, 6.07) is 5.31. The number of carbonyl (C=O) groups is 1. The summed E-state index contributed by atoms with van der Waals surface area (Å²) in [5.41, 5.74) is 0.595. The number of ether oxygens (including phenoxy) is 1. The molecule has 1 rings (SSSR count). The fraction of sp³-hybridized carbons (Fsp3) is 0.400. The van der Waals surface area contributed by atoms with Gasteiger partial charge in [0.2, 0.25) is 0 Å². The Bertz CT molecular complexity index is 433. The molecule has 0 aliphatic heterocycles. The molecule has 0 radical (unpaired) electrons. The monoisotopic (exact) mass is 281 g/mol. The Balaban J connectivity index is 2.72. The number of carbonyl (C=O) groups excluding carboxylic acids is 1. The highest BCUT2D eigenvalue weighted by molar-refractivity contribution is 5.69. The fourth-order valence-electron chi connectivity index (χ4n) is 1.87. The molecule has 0 heterocycles. The summed E-state index contributed by atoms with van der Waals surface area (Å²) in [5.74, 6) is -0.687. The first kappa shape index (κ1) is 16.3. The van der Waals surface area contributed by atoms with Crippen molar-refractivity contribution >= 4 is 5.97 Å². The van der Waals surface area contributed by atoms with Crippen molar-refractivity contribution in [3.8, 4) is 0 Å². The lowest BCUT2D eigenvalue weighted by Crippen LogP contribution is -2.35. The van der Waals surface area contributed by atoms with Crippen LogP contribution < -0.4 is 5.32 Å². The highest BCUT2D eigenvalue weighted by atomic mass is 19.1. The molecular formula is C15H20FNO3. The van der Waals surface area contributed by atoms with Crippen LogP contribution >= 0.6 is 0 Å². The van der Waals surface area contributed by atoms with Gasteiger partial charge in [0.25, 0.3) is 0 Å². The molecule has 0 saturated heterocycles. The Morgan fingerprint density at radius 1 is 1.50 bits per heavy atom. The largest absolute Gasteiger partial charge is 0.469 e. The van der Waals surface area contributed by atoms with Gasteiger partial charge in [-0.05, 0) is 24.1 Å². The molecular weight excluding hydrogens is 261 g/mol. The van der Waals surface area contributed by atoms with Gasteiger partial charge in [0.05, 0.1) is 13.2 Å². The van der Waals surface area contributed by atoms with Crippen molar-refractivity contribution in [2.75, 3.05) is 13.7 Å². The van der Waals surface area contributed by atoms with Crippen LogP contribution in [0.25, 0.3) is 0 Å². The van der Waals surface area contributed by atoms with E-state index >= 15 is 0 Å². The lowest BCUT2D eigenvalue weighted by Gasteiger charge is -2.23. The predicted octanol–water partition coefficient (Wildman–Crippen LogP) is 1.96. The highest BCUT2D eigenvalue weighted by Gasteiger charge is 2.21. The molecule has 0 aliphatic rings. The summed E-state index contributed by atoms with van der Waals surface area (Å²) < 4.78 is 17.5. The Kier molecular flexibility index (Phi) is 6.90. The SMILES string of the molecule is C=CCNC(CCC(=O)OC)C(O)c1ccc(F)cc1. The van der Waals surface area contributed by atoms with Crippen molar-refractivity contribution in [1.29, 1.82) is 0 Å². The zero-order valence-corrected chi connectivity index (χ0v) is 11.5. The van der Waals surface area contributed by atoms with Crippen molar-refractivity contribution in [3.63, 3.8) is 0 Å². The number of esters is 1. The smallest absolute Gasteiger partial charge is 0.305 e. The number of hydrogen-bond acceptors (Lipinski definition) is 4. The van der Waals surface area contributed by atoms with Crippen molar-refractivity contribution in [1.82, 2.24) is 5.32 Å². The van der Waals surface area contributed by atoms with E-state index in [1.165, 1.54) is 31.4 Å². The molecule has 110 valence electrons. The highest BCUT2D eigenvalue weighted by Crippen LogP contribution is 2.20. The van der Waals surface area contributed by atoms with Gasteiger partial charge in [-0.2, -0.15) is 0 Å². The molecule has 2 N–H and O–H groups in total. The van der Waals surface area contributed by atoms with E-state index in [9.17, 15) is 14.3 Å². The topological polar surface area (TPSA) is 58.6 Å². The van der Waals surface area contributed by atoms with Gasteiger partial charge in [0, 0.05) is 19.0 Å². The number of methoxy groups -OCH3 is 1. The first-order valence-corrected chi connectivity index (χ1v) is 6.43. The first-order chi connectivity index (χ1) is 9.58. The molecule has 2 unspecified atom stereocenters. The number of halogens is 1. The summed E-state index contributed by atoms with van der Waals surface area (Å²) in [5, 5.41) is 13.4. The van der Waals surface area contributed by atoms with E-state index < -0.39 is 6.10 Å². The molecule has 1 aromatic carbocycles. The lowest BCUT2D eigenvalue weighted by atomic mass is 9.98. The summed E-state index contributed by atoms with van der Waals surface area (Å²) in [4.78, 5) is 11.2. The van der Waals surface area contributed by atoms with Crippen LogP contribution in [0.15, 0.2) is 36.9 Å². The van der Waals surface area contributed by atoms with Gasteiger partial charge in [-0.15, -0.1) is 6.58 Å². The second-order valence-electron chi connectivity index (χ2n) is 4.41. The van der Waals surface area contributed by atoms with Gasteiger partial charge in [-0.3, -0.25) is 4.79 Å². The minimum atomic E-state index is -0.833. The summed E-state index contributed by atoms with van der Waals surface area (Å²) >= 11 is 0. The van der Waals surface area contributed by atoms with Crippen LogP contribution in [0.3, 0.4) is 0 Å². The zero-order chi connectivity index (χ0) is 15.0. The van der Waals surface area contributed by atoms with Gasteiger partial charge in [0.15, 0.2) is 0 Å². The van der Waals surface area contributed by atoms with Crippen LogP contribution in [-0.4, -0.2) is 30.8 Å². The molecule has 2 atom stereocenters. The van der Waals surface area contributed by atoms with Crippen molar-refractivity contribution in [3.05, 3.63) is 48.3 Å². The average molecular weight is 281 g/mol.